The number of nitrogens with one attached hydrogen (secondary N) is 1. The Morgan fingerprint density at radius 3 is 2.60 bits per heavy atom. The Hall–Kier alpha value is -3.00. The Balaban J connectivity index is 1.62. The molecular formula is C21H24ClN5O3. The lowest BCUT2D eigenvalue weighted by Gasteiger charge is -2.11. The minimum Gasteiger partial charge on any atom is -0.494 e. The van der Waals surface area contributed by atoms with E-state index in [0.29, 0.717) is 25.2 Å². The topological polar surface area (TPSA) is 97.8 Å². The molecule has 0 fully saturated rings. The quantitative estimate of drug-likeness (QED) is 0.331. The molecule has 0 saturated heterocycles. The first-order valence-electron chi connectivity index (χ1n) is 10.2. The number of imidazole rings is 1. The molecule has 0 aliphatic heterocycles. The Bertz CT molecular complexity index is 1310. The average Bonchev–Trinajstić information content (AvgIpc) is 3.28. The molecule has 30 heavy (non-hydrogen) atoms. The van der Waals surface area contributed by atoms with Crippen molar-refractivity contribution in [3.63, 3.8) is 0 Å². The van der Waals surface area contributed by atoms with E-state index >= 15 is 0 Å². The lowest BCUT2D eigenvalue weighted by Crippen LogP contribution is -2.40. The second-order valence-electron chi connectivity index (χ2n) is 7.41. The summed E-state index contributed by atoms with van der Waals surface area (Å²) in [4.78, 5) is 32.8. The number of aromatic amines is 1. The number of hydrogen-bond donors (Lipinski definition) is 2. The van der Waals surface area contributed by atoms with E-state index in [0.717, 1.165) is 30.0 Å². The fourth-order valence-corrected chi connectivity index (χ4v) is 4.00. The number of fused-ring (bicyclic) bond motifs is 2. The van der Waals surface area contributed by atoms with E-state index in [9.17, 15) is 14.7 Å². The molecule has 8 nitrogen and oxygen atoms in total. The average molecular weight is 430 g/mol. The van der Waals surface area contributed by atoms with Crippen molar-refractivity contribution in [3.05, 3.63) is 56.6 Å². The van der Waals surface area contributed by atoms with Crippen molar-refractivity contribution in [1.82, 2.24) is 23.7 Å². The van der Waals surface area contributed by atoms with Crippen LogP contribution in [0.3, 0.4) is 0 Å². The molecule has 1 aromatic carbocycles. The van der Waals surface area contributed by atoms with Gasteiger partial charge in [-0.2, -0.15) is 4.98 Å². The van der Waals surface area contributed by atoms with E-state index in [2.05, 4.69) is 16.9 Å². The molecule has 2 N–H and O–H groups in total. The van der Waals surface area contributed by atoms with E-state index in [1.807, 2.05) is 30.5 Å². The number of unbranched alkanes of at least 4 members (excludes halogenated alkanes) is 2. The van der Waals surface area contributed by atoms with Crippen molar-refractivity contribution in [2.45, 2.75) is 52.2 Å². The molecule has 0 bridgehead atoms. The van der Waals surface area contributed by atoms with Gasteiger partial charge < -0.3 is 14.7 Å². The van der Waals surface area contributed by atoms with Crippen molar-refractivity contribution in [1.29, 1.82) is 0 Å². The van der Waals surface area contributed by atoms with Crippen LogP contribution in [0.5, 0.6) is 5.88 Å². The summed E-state index contributed by atoms with van der Waals surface area (Å²) in [6, 6.07) is 7.58. The van der Waals surface area contributed by atoms with Gasteiger partial charge in [-0.05, 0) is 30.5 Å². The van der Waals surface area contributed by atoms with Crippen LogP contribution in [-0.4, -0.2) is 28.8 Å². The van der Waals surface area contributed by atoms with Gasteiger partial charge in [0.2, 0.25) is 5.28 Å². The van der Waals surface area contributed by atoms with Gasteiger partial charge in [-0.3, -0.25) is 13.9 Å². The summed E-state index contributed by atoms with van der Waals surface area (Å²) in [6.07, 6.45) is 5.19. The van der Waals surface area contributed by atoms with Crippen molar-refractivity contribution >= 4 is 33.5 Å². The normalized spacial score (nSPS) is 11.7. The molecular weight excluding hydrogens is 406 g/mol. The van der Waals surface area contributed by atoms with Crippen LogP contribution in [0.4, 0.5) is 0 Å². The summed E-state index contributed by atoms with van der Waals surface area (Å²) in [5, 5.41) is 12.2. The smallest absolute Gasteiger partial charge is 0.332 e. The standard InChI is InChI=1S/C21H24ClN5O3/c1-2-3-6-11-26-17-16(23-20(22)24-17)19(29)27(21(26)30)12-7-10-25-13-14-8-4-5-9-15(14)18(25)28/h4-5,8-9,13,28H,2-3,6-7,10-12H2,1H3,(H,23,24). The van der Waals surface area contributed by atoms with E-state index in [-0.39, 0.29) is 28.9 Å². The first-order chi connectivity index (χ1) is 14.5. The number of aryl methyl sites for hydroxylation is 2. The number of benzene rings is 1. The maximum Gasteiger partial charge on any atom is 0.332 e. The molecule has 158 valence electrons. The van der Waals surface area contributed by atoms with Gasteiger partial charge in [0.25, 0.3) is 5.56 Å². The van der Waals surface area contributed by atoms with Crippen molar-refractivity contribution in [2.75, 3.05) is 0 Å². The van der Waals surface area contributed by atoms with E-state index in [1.54, 1.807) is 4.57 Å². The zero-order chi connectivity index (χ0) is 21.3. The highest BCUT2D eigenvalue weighted by molar-refractivity contribution is 6.28. The summed E-state index contributed by atoms with van der Waals surface area (Å²) in [6.45, 7) is 3.27. The molecule has 0 atom stereocenters. The monoisotopic (exact) mass is 429 g/mol. The fraction of sp³-hybridized carbons (Fsp3) is 0.381. The minimum atomic E-state index is -0.428. The molecule has 0 amide bonds. The third kappa shape index (κ3) is 3.63. The summed E-state index contributed by atoms with van der Waals surface area (Å²) < 4.78 is 4.49. The lowest BCUT2D eigenvalue weighted by molar-refractivity contribution is 0.410. The Labute approximate surface area is 177 Å². The second-order valence-corrected chi connectivity index (χ2v) is 7.77. The summed E-state index contributed by atoms with van der Waals surface area (Å²) in [5.74, 6) is 0.186. The summed E-state index contributed by atoms with van der Waals surface area (Å²) >= 11 is 5.97. The molecule has 4 aromatic rings. The van der Waals surface area contributed by atoms with Crippen LogP contribution in [0.15, 0.2) is 40.1 Å². The molecule has 0 radical (unpaired) electrons. The third-order valence-corrected chi connectivity index (χ3v) is 5.55. The molecule has 0 aliphatic rings. The molecule has 3 heterocycles. The van der Waals surface area contributed by atoms with Gasteiger partial charge in [-0.1, -0.05) is 38.0 Å². The van der Waals surface area contributed by atoms with Crippen LogP contribution >= 0.6 is 11.6 Å². The number of H-pyrrole nitrogens is 1. The Morgan fingerprint density at radius 2 is 1.83 bits per heavy atom. The highest BCUT2D eigenvalue weighted by atomic mass is 35.5. The number of halogens is 1. The highest BCUT2D eigenvalue weighted by Crippen LogP contribution is 2.26. The molecule has 0 saturated carbocycles. The molecule has 4 rings (SSSR count). The number of nitrogens with zero attached hydrogens (tertiary/aromatic N) is 4. The van der Waals surface area contributed by atoms with Crippen LogP contribution < -0.4 is 11.2 Å². The van der Waals surface area contributed by atoms with E-state index < -0.39 is 5.56 Å². The number of aromatic hydroxyl groups is 1. The predicted octanol–water partition coefficient (Wildman–Crippen LogP) is 3.48. The minimum absolute atomic E-state index is 0.0902. The largest absolute Gasteiger partial charge is 0.494 e. The maximum atomic E-state index is 13.0. The Kier molecular flexibility index (Phi) is 5.67. The van der Waals surface area contributed by atoms with Crippen molar-refractivity contribution < 1.29 is 5.11 Å². The first-order valence-corrected chi connectivity index (χ1v) is 10.5. The molecule has 3 aromatic heterocycles. The van der Waals surface area contributed by atoms with E-state index in [4.69, 9.17) is 11.6 Å². The van der Waals surface area contributed by atoms with Crippen molar-refractivity contribution in [2.24, 2.45) is 0 Å². The SMILES string of the molecule is CCCCCn1c(=O)n(CCCn2cc3ccccc3c2O)c(=O)c2[nH]c(Cl)nc21. The van der Waals surface area contributed by atoms with Crippen LogP contribution in [0.25, 0.3) is 21.9 Å². The predicted molar refractivity (Wildman–Crippen MR) is 117 cm³/mol. The van der Waals surface area contributed by atoms with Gasteiger partial charge in [-0.25, -0.2) is 4.79 Å². The van der Waals surface area contributed by atoms with Crippen molar-refractivity contribution in [3.8, 4) is 5.88 Å². The molecule has 0 unspecified atom stereocenters. The lowest BCUT2D eigenvalue weighted by atomic mass is 10.2. The van der Waals surface area contributed by atoms with Crippen LogP contribution in [-0.2, 0) is 19.6 Å². The summed E-state index contributed by atoms with van der Waals surface area (Å²) in [7, 11) is 0. The van der Waals surface area contributed by atoms with Gasteiger partial charge in [0.05, 0.1) is 0 Å². The zero-order valence-corrected chi connectivity index (χ0v) is 17.5. The van der Waals surface area contributed by atoms with E-state index in [1.165, 1.54) is 9.13 Å². The van der Waals surface area contributed by atoms with Crippen LogP contribution in [0.1, 0.15) is 32.6 Å². The van der Waals surface area contributed by atoms with Gasteiger partial charge >= 0.3 is 5.69 Å². The highest BCUT2D eigenvalue weighted by Gasteiger charge is 2.17. The van der Waals surface area contributed by atoms with Crippen LogP contribution in [0, 0.1) is 0 Å². The molecule has 9 heteroatoms. The Morgan fingerprint density at radius 1 is 1.07 bits per heavy atom. The fourth-order valence-electron chi connectivity index (χ4n) is 3.82. The summed E-state index contributed by atoms with van der Waals surface area (Å²) in [5.41, 5.74) is -0.265. The third-order valence-electron chi connectivity index (χ3n) is 5.37. The number of rotatable bonds is 8. The number of aromatic nitrogens is 5. The maximum absolute atomic E-state index is 13.0. The van der Waals surface area contributed by atoms with Gasteiger partial charge in [0.15, 0.2) is 17.0 Å². The zero-order valence-electron chi connectivity index (χ0n) is 16.8. The first kappa shape index (κ1) is 20.3. The van der Waals surface area contributed by atoms with Gasteiger partial charge in [0.1, 0.15) is 0 Å². The molecule has 0 spiro atoms. The molecule has 0 aliphatic carbocycles. The second kappa shape index (κ2) is 8.39. The number of hydrogen-bond acceptors (Lipinski definition) is 4. The van der Waals surface area contributed by atoms with Crippen LogP contribution in [0.2, 0.25) is 5.28 Å². The van der Waals surface area contributed by atoms with Gasteiger partial charge in [-0.15, -0.1) is 0 Å². The van der Waals surface area contributed by atoms with Gasteiger partial charge in [0, 0.05) is 36.6 Å².